The van der Waals surface area contributed by atoms with Gasteiger partial charge in [-0.3, -0.25) is 0 Å². The molecule has 1 aromatic heterocycles. The molecule has 13 heavy (non-hydrogen) atoms. The number of nitrogens with zero attached hydrogens (tertiary/aromatic N) is 2. The summed E-state index contributed by atoms with van der Waals surface area (Å²) in [5.74, 6) is -0.758. The molecule has 0 fully saturated rings. The van der Waals surface area contributed by atoms with E-state index >= 15 is 0 Å². The summed E-state index contributed by atoms with van der Waals surface area (Å²) in [4.78, 5) is 18.8. The molecule has 0 aliphatic carbocycles. The van der Waals surface area contributed by atoms with Crippen LogP contribution in [-0.2, 0) is 4.65 Å². The van der Waals surface area contributed by atoms with Crippen LogP contribution in [0.2, 0.25) is 0 Å². The van der Waals surface area contributed by atoms with Gasteiger partial charge in [-0.2, -0.15) is 0 Å². The molecular weight excluding hydrogens is 169 g/mol. The van der Waals surface area contributed by atoms with E-state index in [1.54, 1.807) is 13.8 Å². The van der Waals surface area contributed by atoms with Gasteiger partial charge in [0.2, 0.25) is 0 Å². The molecule has 0 saturated carbocycles. The van der Waals surface area contributed by atoms with Crippen molar-refractivity contribution in [3.8, 4) is 0 Å². The second-order valence-electron chi connectivity index (χ2n) is 2.53. The minimum atomic E-state index is -0.784. The van der Waals surface area contributed by atoms with Crippen LogP contribution in [0.4, 0.5) is 5.82 Å². The molecule has 0 unspecified atom stereocenters. The molecule has 66 valence electrons. The van der Waals surface area contributed by atoms with Crippen LogP contribution in [0.15, 0.2) is 0 Å². The molecule has 0 aliphatic heterocycles. The lowest BCUT2D eigenvalue weighted by Crippen LogP contribution is -2.12. The first-order valence-corrected chi connectivity index (χ1v) is 3.58. The molecule has 1 rings (SSSR count). The average Bonchev–Trinajstić information content (AvgIpc) is 2.10. The van der Waals surface area contributed by atoms with Crippen LogP contribution in [-0.4, -0.2) is 24.0 Å². The summed E-state index contributed by atoms with van der Waals surface area (Å²) in [6.07, 6.45) is 0. The van der Waals surface area contributed by atoms with E-state index < -0.39 is 5.97 Å². The molecule has 6 heteroatoms. The minimum Gasteiger partial charge on any atom is -0.539 e. The van der Waals surface area contributed by atoms with Gasteiger partial charge in [0.1, 0.15) is 0 Å². The molecule has 0 atom stereocenters. The van der Waals surface area contributed by atoms with E-state index in [2.05, 4.69) is 22.7 Å². The molecule has 1 heterocycles. The molecule has 0 spiro atoms. The van der Waals surface area contributed by atoms with E-state index in [0.717, 1.165) is 0 Å². The van der Waals surface area contributed by atoms with Gasteiger partial charge >= 0.3 is 14.0 Å². The fourth-order valence-electron chi connectivity index (χ4n) is 0.826. The Labute approximate surface area is 76.8 Å². The van der Waals surface area contributed by atoms with Gasteiger partial charge in [0, 0.05) is 0 Å². The second-order valence-corrected chi connectivity index (χ2v) is 2.53. The van der Waals surface area contributed by atoms with Crippen LogP contribution in [0, 0.1) is 13.8 Å². The third kappa shape index (κ3) is 1.77. The predicted octanol–water partition coefficient (Wildman–Crippen LogP) is -0.0841. The third-order valence-corrected chi connectivity index (χ3v) is 1.63. The van der Waals surface area contributed by atoms with Crippen molar-refractivity contribution in [2.45, 2.75) is 13.8 Å². The molecule has 0 amide bonds. The standard InChI is InChI=1S/C7H8BN3O2/c1-3-4(2)11-6(9)5(10-3)7(12)13-8/h1-2H3,(H2,9,11). The lowest BCUT2D eigenvalue weighted by molar-refractivity contribution is 0.0744. The maximum Gasteiger partial charge on any atom is 0.378 e. The van der Waals surface area contributed by atoms with Crippen molar-refractivity contribution in [1.82, 2.24) is 9.97 Å². The lowest BCUT2D eigenvalue weighted by Gasteiger charge is -2.05. The highest BCUT2D eigenvalue weighted by molar-refractivity contribution is 6.09. The maximum absolute atomic E-state index is 11.0. The molecular formula is C7H8BN3O2. The van der Waals surface area contributed by atoms with Crippen LogP contribution in [0.1, 0.15) is 21.9 Å². The van der Waals surface area contributed by atoms with Crippen LogP contribution < -0.4 is 5.73 Å². The molecule has 2 N–H and O–H groups in total. The van der Waals surface area contributed by atoms with Crippen LogP contribution in [0.3, 0.4) is 0 Å². The fraction of sp³-hybridized carbons (Fsp3) is 0.286. The van der Waals surface area contributed by atoms with Crippen LogP contribution in [0.5, 0.6) is 0 Å². The summed E-state index contributed by atoms with van der Waals surface area (Å²) in [5.41, 5.74) is 6.68. The fourth-order valence-corrected chi connectivity index (χ4v) is 0.826. The summed E-state index contributed by atoms with van der Waals surface area (Å²) >= 11 is 0. The van der Waals surface area contributed by atoms with Gasteiger partial charge in [0.15, 0.2) is 11.5 Å². The van der Waals surface area contributed by atoms with E-state index in [1.807, 2.05) is 0 Å². The largest absolute Gasteiger partial charge is 0.539 e. The molecule has 5 nitrogen and oxygen atoms in total. The van der Waals surface area contributed by atoms with Crippen LogP contribution in [0.25, 0.3) is 0 Å². The van der Waals surface area contributed by atoms with E-state index in [0.29, 0.717) is 11.4 Å². The quantitative estimate of drug-likeness (QED) is 0.606. The van der Waals surface area contributed by atoms with E-state index in [1.165, 1.54) is 0 Å². The average molecular weight is 177 g/mol. The van der Waals surface area contributed by atoms with Gasteiger partial charge in [-0.1, -0.05) is 0 Å². The van der Waals surface area contributed by atoms with E-state index in [-0.39, 0.29) is 11.5 Å². The summed E-state index contributed by atoms with van der Waals surface area (Å²) in [6, 6.07) is 0. The maximum atomic E-state index is 11.0. The first-order valence-electron chi connectivity index (χ1n) is 3.58. The first kappa shape index (κ1) is 9.50. The van der Waals surface area contributed by atoms with Gasteiger partial charge in [0.05, 0.1) is 11.4 Å². The van der Waals surface area contributed by atoms with Crippen molar-refractivity contribution in [3.05, 3.63) is 17.1 Å². The number of anilines is 1. The Morgan fingerprint density at radius 2 is 1.92 bits per heavy atom. The van der Waals surface area contributed by atoms with E-state index in [4.69, 9.17) is 5.73 Å². The Morgan fingerprint density at radius 3 is 2.46 bits per heavy atom. The highest BCUT2D eigenvalue weighted by atomic mass is 16.5. The summed E-state index contributed by atoms with van der Waals surface area (Å²) < 4.78 is 3.99. The zero-order valence-corrected chi connectivity index (χ0v) is 7.37. The number of hydrogen-bond donors (Lipinski definition) is 1. The van der Waals surface area contributed by atoms with Crippen molar-refractivity contribution >= 4 is 19.8 Å². The molecule has 0 bridgehead atoms. The highest BCUT2D eigenvalue weighted by Gasteiger charge is 2.13. The summed E-state index contributed by atoms with van der Waals surface area (Å²) in [5, 5.41) is 0. The van der Waals surface area contributed by atoms with Crippen molar-refractivity contribution < 1.29 is 9.45 Å². The number of aryl methyl sites for hydroxylation is 2. The first-order chi connectivity index (χ1) is 6.06. The highest BCUT2D eigenvalue weighted by Crippen LogP contribution is 2.10. The number of nitrogens with two attached hydrogens (primary N) is 1. The van der Waals surface area contributed by atoms with Crippen molar-refractivity contribution in [3.63, 3.8) is 0 Å². The Kier molecular flexibility index (Phi) is 2.50. The summed E-state index contributed by atoms with van der Waals surface area (Å²) in [6.45, 7) is 3.46. The lowest BCUT2D eigenvalue weighted by atomic mass is 10.3. The zero-order valence-electron chi connectivity index (χ0n) is 7.37. The second kappa shape index (κ2) is 3.43. The number of carbonyl (C=O) groups excluding carboxylic acids is 1. The monoisotopic (exact) mass is 177 g/mol. The molecule has 2 radical (unpaired) electrons. The summed E-state index contributed by atoms with van der Waals surface area (Å²) in [7, 11) is 4.69. The Morgan fingerprint density at radius 1 is 1.38 bits per heavy atom. The number of hydrogen-bond acceptors (Lipinski definition) is 5. The molecule has 0 aliphatic rings. The Hall–Kier alpha value is -1.59. The van der Waals surface area contributed by atoms with E-state index in [9.17, 15) is 4.79 Å². The van der Waals surface area contributed by atoms with Gasteiger partial charge in [-0.25, -0.2) is 14.8 Å². The predicted molar refractivity (Wildman–Crippen MR) is 47.1 cm³/mol. The number of carbonyl (C=O) groups is 1. The van der Waals surface area contributed by atoms with Crippen molar-refractivity contribution in [2.24, 2.45) is 0 Å². The Bertz CT molecular complexity index is 354. The topological polar surface area (TPSA) is 78.1 Å². The third-order valence-electron chi connectivity index (χ3n) is 1.63. The smallest absolute Gasteiger partial charge is 0.378 e. The van der Waals surface area contributed by atoms with Crippen molar-refractivity contribution in [1.29, 1.82) is 0 Å². The van der Waals surface area contributed by atoms with Gasteiger partial charge in [-0.05, 0) is 13.8 Å². The zero-order chi connectivity index (χ0) is 10.0. The van der Waals surface area contributed by atoms with Crippen LogP contribution >= 0.6 is 0 Å². The number of aromatic nitrogens is 2. The number of rotatable bonds is 1. The normalized spacial score (nSPS) is 9.69. The minimum absolute atomic E-state index is 0.0264. The Balaban J connectivity index is 3.23. The van der Waals surface area contributed by atoms with Gasteiger partial charge < -0.3 is 10.4 Å². The molecule has 0 saturated heterocycles. The SMILES string of the molecule is [B]OC(=O)c1nc(C)c(C)nc1N. The molecule has 1 aromatic rings. The van der Waals surface area contributed by atoms with Crippen molar-refractivity contribution in [2.75, 3.05) is 5.73 Å². The van der Waals surface area contributed by atoms with Gasteiger partial charge in [-0.15, -0.1) is 0 Å². The van der Waals surface area contributed by atoms with Gasteiger partial charge in [0.25, 0.3) is 0 Å². The molecule has 0 aromatic carbocycles. The number of nitrogen functional groups attached to an aromatic ring is 1.